The average Bonchev–Trinajstić information content (AvgIpc) is 3.49. The third-order valence-electron chi connectivity index (χ3n) is 3.83. The van der Waals surface area contributed by atoms with Crippen LogP contribution in [-0.2, 0) is 31.3 Å². The summed E-state index contributed by atoms with van der Waals surface area (Å²) >= 11 is 18.8. The molecule has 0 amide bonds. The number of rotatable bonds is 4. The molecular weight excluding hydrogens is 713 g/mol. The van der Waals surface area contributed by atoms with Crippen LogP contribution >= 0.6 is 92.7 Å². The Bertz CT molecular complexity index is 990. The van der Waals surface area contributed by atoms with Gasteiger partial charge in [0, 0.05) is 36.9 Å². The second-order valence-corrected chi connectivity index (χ2v) is 76.5. The van der Waals surface area contributed by atoms with E-state index in [2.05, 4.69) is 31.2 Å². The Morgan fingerprint density at radius 1 is 1.23 bits per heavy atom. The van der Waals surface area contributed by atoms with E-state index in [9.17, 15) is 8.42 Å². The van der Waals surface area contributed by atoms with Crippen LogP contribution in [0.3, 0.4) is 0 Å². The number of azide groups is 1. The Morgan fingerprint density at radius 2 is 1.65 bits per heavy atom. The minimum atomic E-state index is -4.31. The van der Waals surface area contributed by atoms with E-state index >= 15 is 0 Å². The van der Waals surface area contributed by atoms with Gasteiger partial charge < -0.3 is 0 Å². The second kappa shape index (κ2) is 11.0. The number of halogens is 4. The fourth-order valence-electron chi connectivity index (χ4n) is 2.29. The number of hydrogen-bond acceptors (Lipinski definition) is 5. The van der Waals surface area contributed by atoms with E-state index in [-0.39, 0.29) is 34.3 Å². The van der Waals surface area contributed by atoms with E-state index in [1.54, 1.807) is 31.8 Å². The van der Waals surface area contributed by atoms with Gasteiger partial charge in [0.15, 0.2) is 0 Å². The van der Waals surface area contributed by atoms with Crippen molar-refractivity contribution in [1.29, 1.82) is 10.8 Å². The summed E-state index contributed by atoms with van der Waals surface area (Å²) in [4.78, 5) is 1.99. The molecule has 8 nitrogen and oxygen atoms in total. The van der Waals surface area contributed by atoms with Crippen molar-refractivity contribution < 1.29 is 29.4 Å². The molecule has 0 atom stereocenters. The SMILES string of the molecule is C.C=Cc1ccccc1Br.N#N.P1P234PP12(P3)P4.[Co].[N-]=[N+]=NS(=O)(=O)OCC(Cl)(Cl)Cl. The Labute approximate surface area is 221 Å². The monoisotopic (exact) mass is 728 g/mol. The van der Waals surface area contributed by atoms with Crippen molar-refractivity contribution in [2.75, 3.05) is 6.61 Å². The summed E-state index contributed by atoms with van der Waals surface area (Å²) in [6.07, 6.45) is 1.82. The number of nitrogens with zero attached hydrogens (tertiary/aromatic N) is 5. The molecule has 0 aromatic heterocycles. The normalized spacial score (nSPS) is 26.5. The standard InChI is InChI=1S/C8H7Br.C2H2Cl3N3O3S.CH4.Co.N2.H4P6/c1-2-7-5-3-4-6-8(7)9;3-2(4,5)1-11-12(9,10)8-7-6;;;1-2;1-5-2-6(1,5,3-5)4-5/h2-6H,1H2;1H2;1H4;;;1-4H. The molecule has 31 heavy (non-hydrogen) atoms. The summed E-state index contributed by atoms with van der Waals surface area (Å²) in [6.45, 7) is 2.95. The largest absolute Gasteiger partial charge is 0.358 e. The summed E-state index contributed by atoms with van der Waals surface area (Å²) < 4.78 is 26.5. The molecule has 20 heteroatoms. The molecule has 4 saturated heterocycles. The van der Waals surface area contributed by atoms with Crippen molar-refractivity contribution in [3.8, 4) is 0 Å². The first-order chi connectivity index (χ1) is 13.3. The predicted molar refractivity (Wildman–Crippen MR) is 146 cm³/mol. The predicted octanol–water partition coefficient (Wildman–Crippen LogP) is 9.78. The van der Waals surface area contributed by atoms with Crippen LogP contribution in [0.15, 0.2) is 39.8 Å². The topological polar surface area (TPSA) is 140 Å². The van der Waals surface area contributed by atoms with Crippen LogP contribution in [0.25, 0.3) is 16.5 Å². The average molecular weight is 730 g/mol. The van der Waals surface area contributed by atoms with Gasteiger partial charge in [-0.1, -0.05) is 89.0 Å². The Kier molecular flexibility index (Phi) is 11.7. The molecule has 0 bridgehead atoms. The van der Waals surface area contributed by atoms with Crippen LogP contribution in [0, 0.1) is 10.8 Å². The Morgan fingerprint density at radius 3 is 1.90 bits per heavy atom. The van der Waals surface area contributed by atoms with Gasteiger partial charge in [-0.2, -0.15) is 8.42 Å². The van der Waals surface area contributed by atoms with Crippen LogP contribution < -0.4 is 0 Å². The maximum atomic E-state index is 10.5. The number of alkyl halides is 3. The molecule has 1 radical (unpaired) electrons. The number of hydrogen-bond donors (Lipinski definition) is 0. The first-order valence-electron chi connectivity index (χ1n) is 7.19. The van der Waals surface area contributed by atoms with Crippen molar-refractivity contribution in [3.05, 3.63) is 51.3 Å². The molecule has 0 saturated carbocycles. The van der Waals surface area contributed by atoms with Gasteiger partial charge in [-0.3, -0.25) is 4.18 Å². The molecular formula is C11H17BrCl3CoN5O3P6S. The van der Waals surface area contributed by atoms with E-state index in [1.165, 1.54) is 0 Å². The minimum absolute atomic E-state index is 0. The van der Waals surface area contributed by atoms with Gasteiger partial charge >= 0.3 is 52.2 Å². The summed E-state index contributed by atoms with van der Waals surface area (Å²) in [6, 6.07) is 7.98. The van der Waals surface area contributed by atoms with Gasteiger partial charge in [0.05, 0.1) is 4.52 Å². The molecule has 177 valence electrons. The molecule has 4 heterocycles. The van der Waals surface area contributed by atoms with Crippen molar-refractivity contribution in [2.24, 2.45) is 4.52 Å². The quantitative estimate of drug-likeness (QED) is 0.0758. The first kappa shape index (κ1) is 33.0. The molecule has 0 spiro atoms. The van der Waals surface area contributed by atoms with Crippen LogP contribution in [-0.4, -0.2) is 18.8 Å². The van der Waals surface area contributed by atoms with Gasteiger partial charge in [0.2, 0.25) is 3.79 Å². The molecule has 4 fully saturated rings. The zero-order chi connectivity index (χ0) is 22.2. The molecule has 1 aromatic rings. The van der Waals surface area contributed by atoms with Crippen LogP contribution in [0.5, 0.6) is 0 Å². The third kappa shape index (κ3) is 6.63. The molecule has 1 aromatic carbocycles. The fourth-order valence-corrected chi connectivity index (χ4v) is 303. The zero-order valence-corrected chi connectivity index (χ0v) is 25.9. The zero-order valence-electron chi connectivity index (χ0n) is 14.4. The summed E-state index contributed by atoms with van der Waals surface area (Å²) in [5, 5.41) is 11.8. The molecule has 4 aliphatic rings. The molecule has 4 aliphatic heterocycles. The smallest absolute Gasteiger partial charge is 0.260 e. The fraction of sp³-hybridized carbons (Fsp3) is 0.273. The Balaban J connectivity index is 0.000000415. The third-order valence-corrected chi connectivity index (χ3v) is 160. The molecule has 5 rings (SSSR count). The first-order valence-corrected chi connectivity index (χ1v) is 26.4. The van der Waals surface area contributed by atoms with Crippen molar-refractivity contribution >= 4 is 109 Å². The maximum Gasteiger partial charge on any atom is 0.358 e. The molecule has 0 aliphatic carbocycles. The van der Waals surface area contributed by atoms with Crippen molar-refractivity contribution in [1.82, 2.24) is 0 Å². The summed E-state index contributed by atoms with van der Waals surface area (Å²) in [5.41, 5.74) is 8.87. The van der Waals surface area contributed by atoms with E-state index in [4.69, 9.17) is 51.1 Å². The van der Waals surface area contributed by atoms with Gasteiger partial charge in [0.1, 0.15) is 6.61 Å². The number of benzene rings is 1. The Hall–Kier alpha value is 2.04. The van der Waals surface area contributed by atoms with Crippen LogP contribution in [0.2, 0.25) is 0 Å². The van der Waals surface area contributed by atoms with Crippen molar-refractivity contribution in [2.45, 2.75) is 11.2 Å². The van der Waals surface area contributed by atoms with Gasteiger partial charge in [-0.05, 0) is 17.2 Å². The molecule has 0 N–H and O–H groups in total. The maximum absolute atomic E-state index is 10.5. The van der Waals surface area contributed by atoms with Gasteiger partial charge in [0.25, 0.3) is 0 Å². The summed E-state index contributed by atoms with van der Waals surface area (Å²) in [7, 11) is 2.73. The van der Waals surface area contributed by atoms with Crippen molar-refractivity contribution in [3.63, 3.8) is 0 Å². The summed E-state index contributed by atoms with van der Waals surface area (Å²) in [5.74, 6) is 0. The van der Waals surface area contributed by atoms with E-state index in [1.807, 2.05) is 35.3 Å². The minimum Gasteiger partial charge on any atom is -0.260 e. The van der Waals surface area contributed by atoms with Crippen LogP contribution in [0.4, 0.5) is 0 Å². The van der Waals surface area contributed by atoms with Gasteiger partial charge in [-0.15, -0.1) is 0 Å². The molecule has 0 unspecified atom stereocenters. The van der Waals surface area contributed by atoms with E-state index in [0.717, 1.165) is 10.0 Å². The second-order valence-electron chi connectivity index (χ2n) is 5.74. The van der Waals surface area contributed by atoms with E-state index < -0.39 is 20.7 Å². The van der Waals surface area contributed by atoms with Gasteiger partial charge in [-0.25, -0.2) is 0 Å². The van der Waals surface area contributed by atoms with Crippen LogP contribution in [0.1, 0.15) is 13.0 Å². The van der Waals surface area contributed by atoms with E-state index in [0.29, 0.717) is 0 Å².